The van der Waals surface area contributed by atoms with Gasteiger partial charge in [0.15, 0.2) is 0 Å². The van der Waals surface area contributed by atoms with E-state index in [0.29, 0.717) is 11.2 Å². The van der Waals surface area contributed by atoms with Crippen LogP contribution in [0.15, 0.2) is 0 Å². The van der Waals surface area contributed by atoms with Gasteiger partial charge >= 0.3 is 0 Å². The topological polar surface area (TPSA) is 55.4 Å². The molecule has 0 heterocycles. The first-order valence-electron chi connectivity index (χ1n) is 5.99. The van der Waals surface area contributed by atoms with Gasteiger partial charge in [-0.25, -0.2) is 13.1 Å². The Morgan fingerprint density at radius 2 is 2.24 bits per heavy atom. The van der Waals surface area contributed by atoms with Crippen LogP contribution in [0, 0.1) is 5.92 Å². The van der Waals surface area contributed by atoms with E-state index in [2.05, 4.69) is 27.6 Å². The minimum atomic E-state index is -3.24. The van der Waals surface area contributed by atoms with E-state index in [0.717, 1.165) is 19.3 Å². The van der Waals surface area contributed by atoms with E-state index >= 15 is 0 Å². The molecule has 0 saturated heterocycles. The second-order valence-electron chi connectivity index (χ2n) is 5.03. The highest BCUT2D eigenvalue weighted by Gasteiger charge is 2.37. The molecule has 0 amide bonds. The number of nitrogens with one attached hydrogen (secondary N) is 1. The quantitative estimate of drug-likeness (QED) is 0.758. The summed E-state index contributed by atoms with van der Waals surface area (Å²) >= 11 is 3.46. The molecule has 0 aromatic carbocycles. The van der Waals surface area contributed by atoms with Crippen molar-refractivity contribution in [3.8, 4) is 0 Å². The fourth-order valence-electron chi connectivity index (χ4n) is 2.48. The molecular weight excluding hydrogens is 306 g/mol. The molecule has 2 atom stereocenters. The third kappa shape index (κ3) is 4.85. The van der Waals surface area contributed by atoms with Crippen molar-refractivity contribution in [3.05, 3.63) is 0 Å². The van der Waals surface area contributed by atoms with Crippen molar-refractivity contribution in [1.29, 1.82) is 0 Å². The summed E-state index contributed by atoms with van der Waals surface area (Å²) in [6.07, 6.45) is 4.09. The highest BCUT2D eigenvalue weighted by molar-refractivity contribution is 9.09. The van der Waals surface area contributed by atoms with E-state index in [1.54, 1.807) is 0 Å². The molecule has 1 fully saturated rings. The van der Waals surface area contributed by atoms with Crippen LogP contribution in [0.25, 0.3) is 0 Å². The summed E-state index contributed by atoms with van der Waals surface area (Å²) in [7, 11) is -1.73. The highest BCUT2D eigenvalue weighted by atomic mass is 79.9. The predicted octanol–water partition coefficient (Wildman–Crippen LogP) is 1.90. The Labute approximate surface area is 113 Å². The smallest absolute Gasteiger partial charge is 0.214 e. The molecule has 2 unspecified atom stereocenters. The first-order valence-corrected chi connectivity index (χ1v) is 8.77. The second-order valence-corrected chi connectivity index (χ2v) is 7.43. The Hall–Kier alpha value is 0.350. The van der Waals surface area contributed by atoms with Crippen LogP contribution in [0.5, 0.6) is 0 Å². The van der Waals surface area contributed by atoms with Crippen LogP contribution in [-0.2, 0) is 14.8 Å². The number of methoxy groups -OCH3 is 1. The van der Waals surface area contributed by atoms with Gasteiger partial charge in [0, 0.05) is 18.0 Å². The van der Waals surface area contributed by atoms with Crippen molar-refractivity contribution in [3.63, 3.8) is 0 Å². The zero-order valence-electron chi connectivity index (χ0n) is 10.5. The van der Waals surface area contributed by atoms with Gasteiger partial charge in [-0.2, -0.15) is 0 Å². The van der Waals surface area contributed by atoms with Crippen molar-refractivity contribution in [2.45, 2.75) is 38.1 Å². The summed E-state index contributed by atoms with van der Waals surface area (Å²) in [6.45, 7) is 2.42. The Morgan fingerprint density at radius 3 is 2.76 bits per heavy atom. The van der Waals surface area contributed by atoms with Crippen LogP contribution in [0.3, 0.4) is 0 Å². The summed E-state index contributed by atoms with van der Waals surface area (Å²) in [5.74, 6) is 0.610. The van der Waals surface area contributed by atoms with Gasteiger partial charge < -0.3 is 4.74 Å². The Balaban J connectivity index is 2.68. The minimum Gasteiger partial charge on any atom is -0.384 e. The van der Waals surface area contributed by atoms with E-state index in [1.807, 2.05) is 0 Å². The maximum atomic E-state index is 11.9. The molecule has 1 saturated carbocycles. The number of sulfonamides is 1. The molecule has 0 aromatic rings. The lowest BCUT2D eigenvalue weighted by molar-refractivity contribution is 0.214. The first kappa shape index (κ1) is 15.4. The molecule has 1 aliphatic rings. The van der Waals surface area contributed by atoms with Crippen LogP contribution in [-0.4, -0.2) is 38.8 Å². The van der Waals surface area contributed by atoms with E-state index in [1.165, 1.54) is 13.5 Å². The number of hydrogen-bond donors (Lipinski definition) is 1. The Kier molecular flexibility index (Phi) is 5.89. The van der Waals surface area contributed by atoms with Crippen LogP contribution in [0.1, 0.15) is 32.6 Å². The summed E-state index contributed by atoms with van der Waals surface area (Å²) in [4.78, 5) is 0. The van der Waals surface area contributed by atoms with Gasteiger partial charge in [0.25, 0.3) is 0 Å². The van der Waals surface area contributed by atoms with Crippen LogP contribution in [0.4, 0.5) is 0 Å². The maximum Gasteiger partial charge on any atom is 0.214 e. The molecule has 17 heavy (non-hydrogen) atoms. The Morgan fingerprint density at radius 1 is 1.53 bits per heavy atom. The fraction of sp³-hybridized carbons (Fsp3) is 1.00. The average molecular weight is 328 g/mol. The summed E-state index contributed by atoms with van der Waals surface area (Å²) in [6, 6.07) is 0. The zero-order chi connectivity index (χ0) is 12.9. The maximum absolute atomic E-state index is 11.9. The van der Waals surface area contributed by atoms with Gasteiger partial charge in [0.2, 0.25) is 10.0 Å². The van der Waals surface area contributed by atoms with Gasteiger partial charge in [-0.3, -0.25) is 0 Å². The van der Waals surface area contributed by atoms with Gasteiger partial charge in [0.1, 0.15) is 0 Å². The van der Waals surface area contributed by atoms with E-state index in [9.17, 15) is 8.42 Å². The van der Waals surface area contributed by atoms with Crippen LogP contribution < -0.4 is 4.72 Å². The predicted molar refractivity (Wildman–Crippen MR) is 73.0 cm³/mol. The largest absolute Gasteiger partial charge is 0.384 e. The molecule has 1 rings (SSSR count). The van der Waals surface area contributed by atoms with Crippen LogP contribution >= 0.6 is 15.9 Å². The second kappa shape index (κ2) is 6.50. The fourth-order valence-corrected chi connectivity index (χ4v) is 4.72. The molecule has 0 radical (unpaired) electrons. The minimum absolute atomic E-state index is 0.0344. The third-order valence-electron chi connectivity index (χ3n) is 3.28. The number of rotatable bonds is 6. The molecule has 6 heteroatoms. The lowest BCUT2D eigenvalue weighted by atomic mass is 9.78. The average Bonchev–Trinajstić information content (AvgIpc) is 2.26. The molecule has 1 N–H and O–H groups in total. The van der Waals surface area contributed by atoms with E-state index in [-0.39, 0.29) is 17.9 Å². The van der Waals surface area contributed by atoms with Gasteiger partial charge in [-0.05, 0) is 18.8 Å². The molecule has 0 aliphatic heterocycles. The number of alkyl halides is 1. The lowest BCUT2D eigenvalue weighted by Crippen LogP contribution is -2.53. The van der Waals surface area contributed by atoms with Gasteiger partial charge in [-0.1, -0.05) is 35.7 Å². The molecule has 0 bridgehead atoms. The zero-order valence-corrected chi connectivity index (χ0v) is 12.9. The molecular formula is C11H22BrNO3S. The number of halogens is 1. The van der Waals surface area contributed by atoms with Gasteiger partial charge in [-0.15, -0.1) is 0 Å². The monoisotopic (exact) mass is 327 g/mol. The molecule has 4 nitrogen and oxygen atoms in total. The molecule has 102 valence electrons. The first-order chi connectivity index (χ1) is 7.93. The summed E-state index contributed by atoms with van der Waals surface area (Å²) in [5, 5.41) is 0.677. The SMILES string of the molecule is COCCS(=O)(=O)NC1(CBr)CCCC(C)C1. The number of ether oxygens (including phenoxy) is 1. The Bertz CT molecular complexity index is 334. The normalized spacial score (nSPS) is 30.4. The lowest BCUT2D eigenvalue weighted by Gasteiger charge is -2.39. The standard InChI is InChI=1S/C11H22BrNO3S/c1-10-4-3-5-11(8-10,9-12)13-17(14,15)7-6-16-2/h10,13H,3-9H2,1-2H3. The molecule has 0 spiro atoms. The van der Waals surface area contributed by atoms with Crippen molar-refractivity contribution < 1.29 is 13.2 Å². The third-order valence-corrected chi connectivity index (χ3v) is 5.80. The van der Waals surface area contributed by atoms with Gasteiger partial charge in [0.05, 0.1) is 12.4 Å². The van der Waals surface area contributed by atoms with Crippen molar-refractivity contribution in [2.75, 3.05) is 24.8 Å². The highest BCUT2D eigenvalue weighted by Crippen LogP contribution is 2.34. The van der Waals surface area contributed by atoms with E-state index in [4.69, 9.17) is 4.74 Å². The number of hydrogen-bond acceptors (Lipinski definition) is 3. The van der Waals surface area contributed by atoms with Crippen molar-refractivity contribution >= 4 is 26.0 Å². The van der Waals surface area contributed by atoms with E-state index < -0.39 is 10.0 Å². The molecule has 0 aromatic heterocycles. The molecule has 1 aliphatic carbocycles. The van der Waals surface area contributed by atoms with Crippen LogP contribution in [0.2, 0.25) is 0 Å². The van der Waals surface area contributed by atoms with Crippen molar-refractivity contribution in [1.82, 2.24) is 4.72 Å². The summed E-state index contributed by atoms with van der Waals surface area (Å²) < 4.78 is 31.5. The summed E-state index contributed by atoms with van der Waals surface area (Å²) in [5.41, 5.74) is -0.301. The van der Waals surface area contributed by atoms with Crippen molar-refractivity contribution in [2.24, 2.45) is 5.92 Å².